The molecule has 0 bridgehead atoms. The van der Waals surface area contributed by atoms with Gasteiger partial charge in [-0.15, -0.1) is 0 Å². The Morgan fingerprint density at radius 1 is 1.12 bits per heavy atom. The molecule has 4 rings (SSSR count). The summed E-state index contributed by atoms with van der Waals surface area (Å²) in [7, 11) is 0. The maximum Gasteiger partial charge on any atom is 0.205 e. The predicted molar refractivity (Wildman–Crippen MR) is 129 cm³/mol. The highest BCUT2D eigenvalue weighted by Gasteiger charge is 2.31. The molecule has 3 aromatic carbocycles. The number of hydrogen-bond donors (Lipinski definition) is 1. The third-order valence-electron chi connectivity index (χ3n) is 5.70. The van der Waals surface area contributed by atoms with Crippen molar-refractivity contribution in [3.05, 3.63) is 100 Å². The fraction of sp³-hybridized carbons (Fsp3) is 0.185. The predicted octanol–water partition coefficient (Wildman–Crippen LogP) is 6.38. The summed E-state index contributed by atoms with van der Waals surface area (Å²) in [5, 5.41) is 12.5. The number of nitrogens with zero attached hydrogens (tertiary/aromatic N) is 2. The number of aromatic nitrogens is 1. The van der Waals surface area contributed by atoms with Crippen molar-refractivity contribution >= 4 is 34.0 Å². The van der Waals surface area contributed by atoms with E-state index in [1.165, 1.54) is 0 Å². The molecule has 0 amide bonds. The molecule has 0 saturated carbocycles. The van der Waals surface area contributed by atoms with Gasteiger partial charge in [-0.2, -0.15) is 0 Å². The fourth-order valence-corrected chi connectivity index (χ4v) is 4.18. The summed E-state index contributed by atoms with van der Waals surface area (Å²) in [5.41, 5.74) is 3.71. The first-order chi connectivity index (χ1) is 15.3. The second-order valence-electron chi connectivity index (χ2n) is 8.33. The van der Waals surface area contributed by atoms with Gasteiger partial charge in [0, 0.05) is 34.1 Å². The van der Waals surface area contributed by atoms with E-state index in [0.717, 1.165) is 27.6 Å². The van der Waals surface area contributed by atoms with Crippen molar-refractivity contribution < 1.29 is 9.90 Å². The van der Waals surface area contributed by atoms with Crippen LogP contribution in [0.5, 0.6) is 0 Å². The lowest BCUT2D eigenvalue weighted by atomic mass is 9.95. The molecule has 0 aliphatic carbocycles. The van der Waals surface area contributed by atoms with Crippen molar-refractivity contribution in [3.63, 3.8) is 0 Å². The van der Waals surface area contributed by atoms with Crippen molar-refractivity contribution in [2.45, 2.75) is 32.4 Å². The molecule has 1 atom stereocenters. The molecule has 4 nitrogen and oxygen atoms in total. The second-order valence-corrected chi connectivity index (χ2v) is 8.74. The number of aryl methyl sites for hydroxylation is 1. The first-order valence-electron chi connectivity index (χ1n) is 10.3. The van der Waals surface area contributed by atoms with Crippen LogP contribution in [-0.4, -0.2) is 21.1 Å². The maximum absolute atomic E-state index is 13.0. The molecule has 32 heavy (non-hydrogen) atoms. The molecular weight excluding hydrogens is 420 g/mol. The van der Waals surface area contributed by atoms with Gasteiger partial charge in [0.25, 0.3) is 0 Å². The Labute approximate surface area is 192 Å². The minimum absolute atomic E-state index is 0.0366. The molecule has 5 heteroatoms. The summed E-state index contributed by atoms with van der Waals surface area (Å²) in [4.78, 5) is 16.3. The summed E-state index contributed by atoms with van der Waals surface area (Å²) in [5.74, 6) is -0.306. The third-order valence-corrected chi connectivity index (χ3v) is 6.00. The molecule has 0 aliphatic heterocycles. The van der Waals surface area contributed by atoms with Gasteiger partial charge in [0.05, 0.1) is 13.1 Å². The highest BCUT2D eigenvalue weighted by atomic mass is 35.5. The van der Waals surface area contributed by atoms with Gasteiger partial charge in [-0.1, -0.05) is 71.8 Å². The Balaban J connectivity index is 1.65. The highest BCUT2D eigenvalue weighted by Crippen LogP contribution is 2.33. The number of rotatable bonds is 6. The number of benzene rings is 3. The van der Waals surface area contributed by atoms with Gasteiger partial charge in [0.2, 0.25) is 5.69 Å². The number of hydrogen-bond acceptors (Lipinski definition) is 2. The fourth-order valence-electron chi connectivity index (χ4n) is 3.94. The van der Waals surface area contributed by atoms with Gasteiger partial charge in [0.1, 0.15) is 5.60 Å². The topological polar surface area (TPSA) is 46.6 Å². The number of fused-ring (bicyclic) bond motifs is 1. The van der Waals surface area contributed by atoms with Gasteiger partial charge in [0.15, 0.2) is 5.78 Å². The van der Waals surface area contributed by atoms with Crippen molar-refractivity contribution in [1.29, 1.82) is 0 Å². The smallest absolute Gasteiger partial charge is 0.205 e. The minimum atomic E-state index is -1.57. The Kier molecular flexibility index (Phi) is 5.88. The molecule has 0 radical (unpaired) electrons. The number of halogens is 1. The molecule has 4 aromatic rings. The molecule has 0 unspecified atom stereocenters. The van der Waals surface area contributed by atoms with E-state index in [2.05, 4.69) is 30.0 Å². The largest absolute Gasteiger partial charge is 0.380 e. The van der Waals surface area contributed by atoms with Crippen molar-refractivity contribution in [2.24, 2.45) is 0 Å². The van der Waals surface area contributed by atoms with E-state index in [4.69, 9.17) is 18.2 Å². The first-order valence-corrected chi connectivity index (χ1v) is 10.7. The van der Waals surface area contributed by atoms with E-state index in [-0.39, 0.29) is 18.7 Å². The zero-order valence-electron chi connectivity index (χ0n) is 18.0. The van der Waals surface area contributed by atoms with Gasteiger partial charge in [-0.25, -0.2) is 4.85 Å². The van der Waals surface area contributed by atoms with E-state index < -0.39 is 5.60 Å². The van der Waals surface area contributed by atoms with Gasteiger partial charge in [-0.05, 0) is 37.1 Å². The summed E-state index contributed by atoms with van der Waals surface area (Å²) < 4.78 is 1.95. The number of aliphatic hydroxyl groups is 1. The average Bonchev–Trinajstić information content (AvgIpc) is 3.11. The number of carbonyl (C=O) groups excluding carboxylic acids is 1. The maximum atomic E-state index is 13.0. The second kappa shape index (κ2) is 8.63. The van der Waals surface area contributed by atoms with Crippen LogP contribution in [-0.2, 0) is 17.8 Å². The van der Waals surface area contributed by atoms with Crippen LogP contribution in [0, 0.1) is 13.5 Å². The zero-order valence-corrected chi connectivity index (χ0v) is 18.7. The molecule has 0 fully saturated rings. The average molecular weight is 443 g/mol. The van der Waals surface area contributed by atoms with Crippen LogP contribution in [0.2, 0.25) is 5.02 Å². The van der Waals surface area contributed by atoms with E-state index in [9.17, 15) is 9.90 Å². The number of carbonyl (C=O) groups is 1. The molecule has 1 N–H and O–H groups in total. The lowest BCUT2D eigenvalue weighted by Gasteiger charge is -2.23. The van der Waals surface area contributed by atoms with Crippen LogP contribution < -0.4 is 0 Å². The molecule has 1 heterocycles. The lowest BCUT2D eigenvalue weighted by molar-refractivity contribution is -0.136. The van der Waals surface area contributed by atoms with E-state index in [1.807, 2.05) is 41.1 Å². The van der Waals surface area contributed by atoms with E-state index in [0.29, 0.717) is 16.3 Å². The Hall–Kier alpha value is -3.39. The highest BCUT2D eigenvalue weighted by molar-refractivity contribution is 6.33. The Morgan fingerprint density at radius 2 is 1.88 bits per heavy atom. The van der Waals surface area contributed by atoms with Crippen LogP contribution in [0.3, 0.4) is 0 Å². The molecule has 0 aliphatic rings. The first kappa shape index (κ1) is 21.8. The number of Topliss-reactive ketones (excluding diaryl/α,β-unsaturated/α-hetero) is 1. The van der Waals surface area contributed by atoms with Crippen LogP contribution in [0.15, 0.2) is 72.9 Å². The van der Waals surface area contributed by atoms with E-state index in [1.54, 1.807) is 25.1 Å². The quantitative estimate of drug-likeness (QED) is 0.352. The Morgan fingerprint density at radius 3 is 2.56 bits per heavy atom. The SMILES string of the molecule is [C-]#[N+]c1ccc(CC(=O)[C@](C)(O)Cn2cc(-c3ccccc3)c3cc(C)ccc32)cc1Cl. The summed E-state index contributed by atoms with van der Waals surface area (Å²) >= 11 is 6.10. The summed E-state index contributed by atoms with van der Waals surface area (Å²) in [6.45, 7) is 10.8. The van der Waals surface area contributed by atoms with Crippen LogP contribution in [0.1, 0.15) is 18.1 Å². The standard InChI is InChI=1S/C27H23ClN2O2/c1-18-9-12-25-21(13-18)22(20-7-5-4-6-8-20)16-30(25)17-27(2,32)26(31)15-19-10-11-24(29-3)23(28)14-19/h4-14,16,32H,15,17H2,1-2H3/t27-/m1/s1. The van der Waals surface area contributed by atoms with E-state index >= 15 is 0 Å². The lowest BCUT2D eigenvalue weighted by Crippen LogP contribution is -2.40. The minimum Gasteiger partial charge on any atom is -0.380 e. The molecule has 0 saturated heterocycles. The van der Waals surface area contributed by atoms with Gasteiger partial charge in [-0.3, -0.25) is 4.79 Å². The molecule has 0 spiro atoms. The van der Waals surface area contributed by atoms with Gasteiger partial charge < -0.3 is 9.67 Å². The van der Waals surface area contributed by atoms with Crippen LogP contribution >= 0.6 is 11.6 Å². The van der Waals surface area contributed by atoms with Crippen LogP contribution in [0.25, 0.3) is 26.9 Å². The summed E-state index contributed by atoms with van der Waals surface area (Å²) in [6.07, 6.45) is 2.04. The molecular formula is C27H23ClN2O2. The molecule has 1 aromatic heterocycles. The molecule has 160 valence electrons. The zero-order chi connectivity index (χ0) is 22.9. The number of ketones is 1. The normalized spacial score (nSPS) is 13.0. The monoisotopic (exact) mass is 442 g/mol. The third kappa shape index (κ3) is 4.31. The summed E-state index contributed by atoms with van der Waals surface area (Å²) in [6, 6.07) is 21.2. The van der Waals surface area contributed by atoms with Crippen molar-refractivity contribution in [1.82, 2.24) is 4.57 Å². The van der Waals surface area contributed by atoms with Crippen molar-refractivity contribution in [3.8, 4) is 11.1 Å². The van der Waals surface area contributed by atoms with Gasteiger partial charge >= 0.3 is 0 Å². The Bertz CT molecular complexity index is 1350. The van der Waals surface area contributed by atoms with Crippen molar-refractivity contribution in [2.75, 3.05) is 0 Å². The van der Waals surface area contributed by atoms with Crippen LogP contribution in [0.4, 0.5) is 5.69 Å².